The second kappa shape index (κ2) is 6.96. The Hall–Kier alpha value is -1.59. The van der Waals surface area contributed by atoms with Gasteiger partial charge in [-0.2, -0.15) is 0 Å². The third-order valence-electron chi connectivity index (χ3n) is 5.65. The Kier molecular flexibility index (Phi) is 4.69. The largest absolute Gasteiger partial charge is 0.371 e. The number of hydrogen-bond donors (Lipinski definition) is 1. The Labute approximate surface area is 152 Å². The van der Waals surface area contributed by atoms with Crippen LogP contribution in [0, 0.1) is 11.8 Å². The fourth-order valence-corrected chi connectivity index (χ4v) is 4.18. The quantitative estimate of drug-likeness (QED) is 0.895. The summed E-state index contributed by atoms with van der Waals surface area (Å²) in [6.45, 7) is 1.91. The van der Waals surface area contributed by atoms with Crippen molar-refractivity contribution in [1.82, 2.24) is 10.2 Å². The van der Waals surface area contributed by atoms with E-state index in [2.05, 4.69) is 5.32 Å². The highest BCUT2D eigenvalue weighted by Gasteiger charge is 2.43. The van der Waals surface area contributed by atoms with Gasteiger partial charge in [-0.15, -0.1) is 0 Å². The molecule has 0 aromatic heterocycles. The van der Waals surface area contributed by atoms with Gasteiger partial charge in [0.15, 0.2) is 0 Å². The number of nitrogens with zero attached hydrogens (tertiary/aromatic N) is 1. The first-order chi connectivity index (χ1) is 12.1. The molecule has 2 amide bonds. The van der Waals surface area contributed by atoms with Gasteiger partial charge in [-0.05, 0) is 37.5 Å². The molecule has 2 saturated heterocycles. The summed E-state index contributed by atoms with van der Waals surface area (Å²) in [5.41, 5.74) is 0.622. The van der Waals surface area contributed by atoms with Crippen molar-refractivity contribution in [3.8, 4) is 0 Å². The van der Waals surface area contributed by atoms with E-state index in [-0.39, 0.29) is 29.9 Å². The number of benzene rings is 1. The summed E-state index contributed by atoms with van der Waals surface area (Å²) >= 11 is 5.98. The third-order valence-corrected chi connectivity index (χ3v) is 5.89. The molecule has 1 N–H and O–H groups in total. The lowest BCUT2D eigenvalue weighted by molar-refractivity contribution is -0.128. The molecule has 1 saturated carbocycles. The molecule has 2 heterocycles. The number of ether oxygens (including phenoxy) is 1. The van der Waals surface area contributed by atoms with Crippen LogP contribution in [-0.4, -0.2) is 48.6 Å². The minimum absolute atomic E-state index is 0.00957. The van der Waals surface area contributed by atoms with Crippen LogP contribution in [0.4, 0.5) is 0 Å². The number of carbonyl (C=O) groups is 2. The number of likely N-dealkylation sites (tertiary alicyclic amines) is 1. The Morgan fingerprint density at radius 3 is 2.80 bits per heavy atom. The minimum atomic E-state index is 0.00957. The zero-order valence-corrected chi connectivity index (χ0v) is 14.9. The molecule has 0 bridgehead atoms. The van der Waals surface area contributed by atoms with Gasteiger partial charge >= 0.3 is 0 Å². The van der Waals surface area contributed by atoms with Gasteiger partial charge < -0.3 is 15.0 Å². The van der Waals surface area contributed by atoms with E-state index in [9.17, 15) is 9.59 Å². The number of rotatable bonds is 4. The number of hydrogen-bond acceptors (Lipinski definition) is 3. The Morgan fingerprint density at radius 1 is 1.28 bits per heavy atom. The molecule has 5 nitrogen and oxygen atoms in total. The molecular formula is C19H23ClN2O3. The zero-order chi connectivity index (χ0) is 17.4. The van der Waals surface area contributed by atoms with Crippen molar-refractivity contribution < 1.29 is 14.3 Å². The maximum Gasteiger partial charge on any atom is 0.254 e. The molecule has 3 fully saturated rings. The first-order valence-electron chi connectivity index (χ1n) is 9.08. The van der Waals surface area contributed by atoms with Gasteiger partial charge in [0, 0.05) is 42.1 Å². The lowest BCUT2D eigenvalue weighted by atomic mass is 9.85. The summed E-state index contributed by atoms with van der Waals surface area (Å²) in [6, 6.07) is 7.06. The summed E-state index contributed by atoms with van der Waals surface area (Å²) < 4.78 is 6.07. The summed E-state index contributed by atoms with van der Waals surface area (Å²) in [6.07, 6.45) is 4.25. The van der Waals surface area contributed by atoms with Gasteiger partial charge in [-0.3, -0.25) is 9.59 Å². The first-order valence-corrected chi connectivity index (χ1v) is 9.46. The van der Waals surface area contributed by atoms with Crippen molar-refractivity contribution in [2.24, 2.45) is 11.8 Å². The van der Waals surface area contributed by atoms with Crippen LogP contribution in [0.25, 0.3) is 0 Å². The van der Waals surface area contributed by atoms with Crippen molar-refractivity contribution in [2.45, 2.75) is 37.9 Å². The summed E-state index contributed by atoms with van der Waals surface area (Å²) in [7, 11) is 0. The van der Waals surface area contributed by atoms with Crippen LogP contribution in [0.15, 0.2) is 24.3 Å². The second-order valence-corrected chi connectivity index (χ2v) is 7.82. The number of nitrogens with one attached hydrogen (secondary N) is 1. The topological polar surface area (TPSA) is 58.6 Å². The fraction of sp³-hybridized carbons (Fsp3) is 0.579. The first kappa shape index (κ1) is 16.9. The molecule has 0 unspecified atom stereocenters. The minimum Gasteiger partial charge on any atom is -0.371 e. The van der Waals surface area contributed by atoms with Gasteiger partial charge in [-0.1, -0.05) is 24.1 Å². The Bertz CT molecular complexity index is 662. The maximum absolute atomic E-state index is 12.6. The molecule has 4 rings (SSSR count). The Balaban J connectivity index is 1.27. The van der Waals surface area contributed by atoms with Crippen LogP contribution < -0.4 is 5.32 Å². The van der Waals surface area contributed by atoms with E-state index in [1.54, 1.807) is 24.3 Å². The molecule has 1 aromatic carbocycles. The molecule has 1 aliphatic carbocycles. The van der Waals surface area contributed by atoms with Gasteiger partial charge in [0.1, 0.15) is 0 Å². The van der Waals surface area contributed by atoms with E-state index < -0.39 is 0 Å². The zero-order valence-electron chi connectivity index (χ0n) is 14.1. The van der Waals surface area contributed by atoms with E-state index in [4.69, 9.17) is 16.3 Å². The number of fused-ring (bicyclic) bond motifs is 1. The smallest absolute Gasteiger partial charge is 0.254 e. The molecule has 0 spiro atoms. The maximum atomic E-state index is 12.6. The van der Waals surface area contributed by atoms with Gasteiger partial charge in [0.05, 0.1) is 12.2 Å². The predicted octanol–water partition coefficient (Wildman–Crippen LogP) is 2.49. The average molecular weight is 363 g/mol. The van der Waals surface area contributed by atoms with Crippen LogP contribution in [0.5, 0.6) is 0 Å². The predicted molar refractivity (Wildman–Crippen MR) is 94.5 cm³/mol. The highest BCUT2D eigenvalue weighted by Crippen LogP contribution is 2.34. The van der Waals surface area contributed by atoms with Crippen molar-refractivity contribution >= 4 is 23.4 Å². The normalized spacial score (nSPS) is 28.5. The van der Waals surface area contributed by atoms with E-state index in [0.29, 0.717) is 36.1 Å². The summed E-state index contributed by atoms with van der Waals surface area (Å²) in [5, 5.41) is 3.60. The standard InChI is InChI=1S/C19H23ClN2O3/c20-15-6-2-5-13(7-15)19(24)22-10-14-8-16(25-17(14)11-22)9-21-18(23)12-3-1-4-12/h2,5-7,12,14,16-17H,1,3-4,8-11H2,(H,21,23)/t14-,16-,17+/m1/s1. The van der Waals surface area contributed by atoms with Crippen molar-refractivity contribution in [2.75, 3.05) is 19.6 Å². The lowest BCUT2D eigenvalue weighted by Crippen LogP contribution is -2.39. The SMILES string of the molecule is O=C(NC[C@H]1C[C@@H]2CN(C(=O)c3cccc(Cl)c3)C[C@@H]2O1)C1CCC1. The molecule has 3 atom stereocenters. The fourth-order valence-electron chi connectivity index (χ4n) is 3.99. The van der Waals surface area contributed by atoms with E-state index in [0.717, 1.165) is 19.3 Å². The molecule has 6 heteroatoms. The second-order valence-electron chi connectivity index (χ2n) is 7.39. The average Bonchev–Trinajstić information content (AvgIpc) is 3.09. The molecular weight excluding hydrogens is 340 g/mol. The van der Waals surface area contributed by atoms with Crippen molar-refractivity contribution in [3.05, 3.63) is 34.9 Å². The van der Waals surface area contributed by atoms with Gasteiger partial charge in [0.2, 0.25) is 5.91 Å². The molecule has 3 aliphatic rings. The summed E-state index contributed by atoms with van der Waals surface area (Å²) in [4.78, 5) is 26.4. The van der Waals surface area contributed by atoms with Crippen molar-refractivity contribution in [1.29, 1.82) is 0 Å². The third kappa shape index (κ3) is 3.53. The van der Waals surface area contributed by atoms with Crippen LogP contribution >= 0.6 is 11.6 Å². The van der Waals surface area contributed by atoms with E-state index in [1.165, 1.54) is 6.42 Å². The molecule has 25 heavy (non-hydrogen) atoms. The monoisotopic (exact) mass is 362 g/mol. The van der Waals surface area contributed by atoms with Crippen LogP contribution in [-0.2, 0) is 9.53 Å². The highest BCUT2D eigenvalue weighted by molar-refractivity contribution is 6.30. The summed E-state index contributed by atoms with van der Waals surface area (Å²) in [5.74, 6) is 0.750. The molecule has 1 aromatic rings. The van der Waals surface area contributed by atoms with E-state index in [1.807, 2.05) is 4.90 Å². The number of halogens is 1. The molecule has 2 aliphatic heterocycles. The van der Waals surface area contributed by atoms with Crippen LogP contribution in [0.2, 0.25) is 5.02 Å². The van der Waals surface area contributed by atoms with E-state index >= 15 is 0 Å². The molecule has 134 valence electrons. The van der Waals surface area contributed by atoms with Crippen molar-refractivity contribution in [3.63, 3.8) is 0 Å². The van der Waals surface area contributed by atoms with Crippen LogP contribution in [0.3, 0.4) is 0 Å². The highest BCUT2D eigenvalue weighted by atomic mass is 35.5. The lowest BCUT2D eigenvalue weighted by Gasteiger charge is -2.25. The van der Waals surface area contributed by atoms with Gasteiger partial charge in [0.25, 0.3) is 5.91 Å². The molecule has 0 radical (unpaired) electrons. The Morgan fingerprint density at radius 2 is 2.12 bits per heavy atom. The van der Waals surface area contributed by atoms with Gasteiger partial charge in [-0.25, -0.2) is 0 Å². The number of carbonyl (C=O) groups excluding carboxylic acids is 2. The van der Waals surface area contributed by atoms with Crippen LogP contribution in [0.1, 0.15) is 36.0 Å². The number of amides is 2.